The molecule has 19 heavy (non-hydrogen) atoms. The molecule has 0 saturated heterocycles. The first-order valence-corrected chi connectivity index (χ1v) is 7.23. The summed E-state index contributed by atoms with van der Waals surface area (Å²) in [5.74, 6) is 0.457. The van der Waals surface area contributed by atoms with E-state index >= 15 is 0 Å². The predicted octanol–water partition coefficient (Wildman–Crippen LogP) is 3.59. The zero-order chi connectivity index (χ0) is 14.4. The van der Waals surface area contributed by atoms with Crippen LogP contribution in [-0.2, 0) is 6.42 Å². The fourth-order valence-electron chi connectivity index (χ4n) is 2.21. The van der Waals surface area contributed by atoms with Crippen molar-refractivity contribution in [1.29, 1.82) is 0 Å². The maximum atomic E-state index is 14.0. The summed E-state index contributed by atoms with van der Waals surface area (Å²) in [6, 6.07) is 5.31. The van der Waals surface area contributed by atoms with Gasteiger partial charge in [-0.3, -0.25) is 0 Å². The summed E-state index contributed by atoms with van der Waals surface area (Å²) in [6.07, 6.45) is 2.59. The summed E-state index contributed by atoms with van der Waals surface area (Å²) in [7, 11) is 2.03. The molecule has 0 aromatic heterocycles. The van der Waals surface area contributed by atoms with Crippen molar-refractivity contribution in [1.82, 2.24) is 0 Å². The van der Waals surface area contributed by atoms with Crippen molar-refractivity contribution in [3.63, 3.8) is 0 Å². The molecule has 0 amide bonds. The highest BCUT2D eigenvalue weighted by atomic mass is 19.1. The summed E-state index contributed by atoms with van der Waals surface area (Å²) >= 11 is 0. The van der Waals surface area contributed by atoms with Gasteiger partial charge in [-0.15, -0.1) is 0 Å². The fraction of sp³-hybridized carbons (Fsp3) is 0.625. The van der Waals surface area contributed by atoms with E-state index in [1.165, 1.54) is 6.07 Å². The van der Waals surface area contributed by atoms with E-state index in [0.29, 0.717) is 12.3 Å². The van der Waals surface area contributed by atoms with Gasteiger partial charge in [0.05, 0.1) is 0 Å². The van der Waals surface area contributed by atoms with Gasteiger partial charge in [-0.05, 0) is 30.9 Å². The van der Waals surface area contributed by atoms with Crippen LogP contribution in [0.2, 0.25) is 0 Å². The fourth-order valence-corrected chi connectivity index (χ4v) is 2.21. The molecule has 0 bridgehead atoms. The highest BCUT2D eigenvalue weighted by Crippen LogP contribution is 2.25. The molecule has 108 valence electrons. The second-order valence-electron chi connectivity index (χ2n) is 5.50. The molecule has 0 spiro atoms. The first-order chi connectivity index (χ1) is 8.99. The van der Waals surface area contributed by atoms with Crippen LogP contribution < -0.4 is 10.6 Å². The first kappa shape index (κ1) is 16.0. The Morgan fingerprint density at radius 2 is 1.95 bits per heavy atom. The van der Waals surface area contributed by atoms with Crippen LogP contribution >= 0.6 is 0 Å². The minimum absolute atomic E-state index is 0.0210. The molecular formula is C16H27FN2. The van der Waals surface area contributed by atoms with E-state index in [-0.39, 0.29) is 11.9 Å². The number of rotatable bonds is 7. The second-order valence-corrected chi connectivity index (χ2v) is 5.50. The molecule has 2 N–H and O–H groups in total. The highest BCUT2D eigenvalue weighted by Gasteiger charge is 2.15. The van der Waals surface area contributed by atoms with Crippen LogP contribution in [0.5, 0.6) is 0 Å². The van der Waals surface area contributed by atoms with Gasteiger partial charge in [-0.1, -0.05) is 33.3 Å². The molecule has 2 nitrogen and oxygen atoms in total. The summed E-state index contributed by atoms with van der Waals surface area (Å²) in [6.45, 7) is 7.37. The Balaban J connectivity index is 2.95. The van der Waals surface area contributed by atoms with E-state index in [1.807, 2.05) is 20.0 Å². The Kier molecular flexibility index (Phi) is 6.29. The van der Waals surface area contributed by atoms with Crippen LogP contribution in [-0.4, -0.2) is 19.6 Å². The summed E-state index contributed by atoms with van der Waals surface area (Å²) in [5, 5.41) is 0. The van der Waals surface area contributed by atoms with Crippen molar-refractivity contribution in [2.24, 2.45) is 11.7 Å². The molecule has 1 rings (SSSR count). The van der Waals surface area contributed by atoms with Crippen LogP contribution in [0.1, 0.15) is 39.2 Å². The summed E-state index contributed by atoms with van der Waals surface area (Å²) in [4.78, 5) is 2.15. The third kappa shape index (κ3) is 4.50. The van der Waals surface area contributed by atoms with Crippen LogP contribution in [0.15, 0.2) is 18.2 Å². The normalized spacial score (nSPS) is 14.2. The van der Waals surface area contributed by atoms with Crippen molar-refractivity contribution < 1.29 is 4.39 Å². The van der Waals surface area contributed by atoms with E-state index in [2.05, 4.69) is 18.7 Å². The Labute approximate surface area is 116 Å². The number of anilines is 1. The molecule has 0 aliphatic rings. The number of nitrogens with two attached hydrogens (primary N) is 1. The van der Waals surface area contributed by atoms with E-state index < -0.39 is 0 Å². The third-order valence-corrected chi connectivity index (χ3v) is 3.78. The summed E-state index contributed by atoms with van der Waals surface area (Å²) in [5.41, 5.74) is 7.71. The molecule has 0 heterocycles. The van der Waals surface area contributed by atoms with Crippen molar-refractivity contribution in [3.05, 3.63) is 29.6 Å². The minimum Gasteiger partial charge on any atom is -0.374 e. The average Bonchev–Trinajstić information content (AvgIpc) is 2.40. The lowest BCUT2D eigenvalue weighted by Crippen LogP contribution is -2.27. The maximum absolute atomic E-state index is 14.0. The quantitative estimate of drug-likeness (QED) is 0.817. The number of hydrogen-bond donors (Lipinski definition) is 1. The van der Waals surface area contributed by atoms with Crippen LogP contribution in [0.25, 0.3) is 0 Å². The Bertz CT molecular complexity index is 392. The number of hydrogen-bond acceptors (Lipinski definition) is 2. The maximum Gasteiger partial charge on any atom is 0.128 e. The van der Waals surface area contributed by atoms with E-state index in [0.717, 1.165) is 30.6 Å². The lowest BCUT2D eigenvalue weighted by molar-refractivity contribution is 0.551. The monoisotopic (exact) mass is 266 g/mol. The van der Waals surface area contributed by atoms with Crippen molar-refractivity contribution in [3.8, 4) is 0 Å². The van der Waals surface area contributed by atoms with E-state index in [1.54, 1.807) is 6.07 Å². The second kappa shape index (κ2) is 7.49. The van der Waals surface area contributed by atoms with Crippen molar-refractivity contribution >= 4 is 5.69 Å². The van der Waals surface area contributed by atoms with Gasteiger partial charge in [-0.2, -0.15) is 0 Å². The predicted molar refractivity (Wildman–Crippen MR) is 81.1 cm³/mol. The topological polar surface area (TPSA) is 29.3 Å². The Morgan fingerprint density at radius 1 is 1.26 bits per heavy atom. The van der Waals surface area contributed by atoms with Gasteiger partial charge >= 0.3 is 0 Å². The van der Waals surface area contributed by atoms with Gasteiger partial charge in [0, 0.05) is 30.9 Å². The molecule has 1 aromatic rings. The minimum atomic E-state index is -0.141. The van der Waals surface area contributed by atoms with Gasteiger partial charge in [-0.25, -0.2) is 4.39 Å². The average molecular weight is 266 g/mol. The lowest BCUT2D eigenvalue weighted by Gasteiger charge is -2.26. The third-order valence-electron chi connectivity index (χ3n) is 3.78. The van der Waals surface area contributed by atoms with Crippen LogP contribution in [0.3, 0.4) is 0 Å². The Morgan fingerprint density at radius 3 is 2.53 bits per heavy atom. The van der Waals surface area contributed by atoms with Gasteiger partial charge in [0.15, 0.2) is 0 Å². The Hall–Kier alpha value is -1.09. The molecule has 2 unspecified atom stereocenters. The smallest absolute Gasteiger partial charge is 0.128 e. The summed E-state index contributed by atoms with van der Waals surface area (Å²) < 4.78 is 14.0. The molecule has 2 atom stereocenters. The number of nitrogens with zero attached hydrogens (tertiary/aromatic N) is 1. The van der Waals surface area contributed by atoms with Crippen LogP contribution in [0.4, 0.5) is 10.1 Å². The first-order valence-electron chi connectivity index (χ1n) is 7.23. The molecule has 0 saturated carbocycles. The molecule has 0 radical (unpaired) electrons. The largest absolute Gasteiger partial charge is 0.374 e. The lowest BCUT2D eigenvalue weighted by atomic mass is 10.0. The number of benzene rings is 1. The number of halogens is 1. The molecule has 0 aliphatic heterocycles. The molecule has 0 fully saturated rings. The molecule has 1 aromatic carbocycles. The van der Waals surface area contributed by atoms with Gasteiger partial charge in [0.2, 0.25) is 0 Å². The van der Waals surface area contributed by atoms with Gasteiger partial charge in [0.1, 0.15) is 5.82 Å². The van der Waals surface area contributed by atoms with Gasteiger partial charge < -0.3 is 10.6 Å². The standard InChI is InChI=1S/C16H27FN2/c1-5-12(3)11-19(4)16-9-7-8-15(17)14(16)10-13(18)6-2/h7-9,12-13H,5-6,10-11,18H2,1-4H3. The van der Waals surface area contributed by atoms with Crippen molar-refractivity contribution in [2.45, 2.75) is 46.1 Å². The zero-order valence-corrected chi connectivity index (χ0v) is 12.6. The molecular weight excluding hydrogens is 239 g/mol. The molecule has 0 aliphatic carbocycles. The highest BCUT2D eigenvalue weighted by molar-refractivity contribution is 5.54. The van der Waals surface area contributed by atoms with Crippen molar-refractivity contribution in [2.75, 3.05) is 18.5 Å². The van der Waals surface area contributed by atoms with Crippen LogP contribution in [0, 0.1) is 11.7 Å². The molecule has 3 heteroatoms. The zero-order valence-electron chi connectivity index (χ0n) is 12.6. The van der Waals surface area contributed by atoms with E-state index in [4.69, 9.17) is 5.73 Å². The van der Waals surface area contributed by atoms with Gasteiger partial charge in [0.25, 0.3) is 0 Å². The van der Waals surface area contributed by atoms with E-state index in [9.17, 15) is 4.39 Å². The SMILES string of the molecule is CCC(C)CN(C)c1cccc(F)c1CC(N)CC.